The first kappa shape index (κ1) is 17.2. The van der Waals surface area contributed by atoms with Crippen LogP contribution < -0.4 is 4.74 Å². The van der Waals surface area contributed by atoms with Crippen molar-refractivity contribution in [3.05, 3.63) is 42.1 Å². The average molecular weight is 365 g/mol. The van der Waals surface area contributed by atoms with Gasteiger partial charge in [-0.15, -0.1) is 0 Å². The van der Waals surface area contributed by atoms with Crippen molar-refractivity contribution in [1.82, 2.24) is 15.1 Å². The fourth-order valence-electron chi connectivity index (χ4n) is 3.29. The Bertz CT molecular complexity index is 1010. The van der Waals surface area contributed by atoms with Crippen molar-refractivity contribution in [3.63, 3.8) is 0 Å². The van der Waals surface area contributed by atoms with Gasteiger partial charge < -0.3 is 14.4 Å². The number of ether oxygens (including phenoxy) is 1. The molecule has 4 rings (SSSR count). The summed E-state index contributed by atoms with van der Waals surface area (Å²) in [6.07, 6.45) is 3.38. The third kappa shape index (κ3) is 3.05. The van der Waals surface area contributed by atoms with Crippen molar-refractivity contribution >= 4 is 5.78 Å². The Morgan fingerprint density at radius 3 is 2.70 bits per heavy atom. The van der Waals surface area contributed by atoms with Crippen molar-refractivity contribution in [2.24, 2.45) is 0 Å². The molecule has 7 nitrogen and oxygen atoms in total. The van der Waals surface area contributed by atoms with Gasteiger partial charge in [0.2, 0.25) is 11.7 Å². The van der Waals surface area contributed by atoms with Gasteiger partial charge in [0, 0.05) is 23.4 Å². The molecular formula is C20H19N3O4. The normalized spacial score (nSPS) is 15.3. The molecule has 0 aliphatic carbocycles. The molecule has 138 valence electrons. The van der Waals surface area contributed by atoms with Crippen LogP contribution in [0.25, 0.3) is 22.8 Å². The third-order valence-electron chi connectivity index (χ3n) is 5.05. The van der Waals surface area contributed by atoms with Gasteiger partial charge in [-0.05, 0) is 37.1 Å². The van der Waals surface area contributed by atoms with E-state index in [0.717, 1.165) is 12.8 Å². The van der Waals surface area contributed by atoms with Gasteiger partial charge in [0.1, 0.15) is 11.4 Å². The number of pyridine rings is 1. The van der Waals surface area contributed by atoms with Crippen molar-refractivity contribution in [1.29, 1.82) is 0 Å². The molecule has 27 heavy (non-hydrogen) atoms. The minimum Gasteiger partial charge on any atom is -0.493 e. The summed E-state index contributed by atoms with van der Waals surface area (Å²) in [5, 5.41) is 13.4. The number of hydrogen-bond acceptors (Lipinski definition) is 7. The lowest BCUT2D eigenvalue weighted by Gasteiger charge is -2.36. The Morgan fingerprint density at radius 2 is 1.96 bits per heavy atom. The van der Waals surface area contributed by atoms with Gasteiger partial charge in [-0.2, -0.15) is 4.98 Å². The monoisotopic (exact) mass is 365 g/mol. The molecule has 1 aromatic carbocycles. The molecule has 0 radical (unpaired) electrons. The number of nitrogens with zero attached hydrogens (tertiary/aromatic N) is 3. The van der Waals surface area contributed by atoms with Crippen LogP contribution in [0.15, 0.2) is 41.1 Å². The van der Waals surface area contributed by atoms with E-state index in [0.29, 0.717) is 40.6 Å². The molecule has 1 N–H and O–H groups in total. The van der Waals surface area contributed by atoms with Crippen molar-refractivity contribution in [2.45, 2.75) is 38.7 Å². The molecule has 0 fully saturated rings. The van der Waals surface area contributed by atoms with E-state index in [1.807, 2.05) is 13.8 Å². The highest BCUT2D eigenvalue weighted by molar-refractivity contribution is 6.01. The number of Topliss-reactive ketones (excluding diaryl/α,β-unsaturated/α-hetero) is 1. The minimum atomic E-state index is -0.424. The maximum absolute atomic E-state index is 12.7. The van der Waals surface area contributed by atoms with E-state index < -0.39 is 5.60 Å². The second-order valence-corrected chi connectivity index (χ2v) is 6.63. The highest BCUT2D eigenvalue weighted by Gasteiger charge is 2.37. The zero-order valence-corrected chi connectivity index (χ0v) is 15.1. The van der Waals surface area contributed by atoms with Crippen LogP contribution in [0.1, 0.15) is 43.5 Å². The predicted octanol–water partition coefficient (Wildman–Crippen LogP) is 4.03. The van der Waals surface area contributed by atoms with Gasteiger partial charge >= 0.3 is 0 Å². The summed E-state index contributed by atoms with van der Waals surface area (Å²) in [5.41, 5.74) is 1.34. The summed E-state index contributed by atoms with van der Waals surface area (Å²) in [7, 11) is 0. The van der Waals surface area contributed by atoms with Gasteiger partial charge in [-0.25, -0.2) is 4.98 Å². The van der Waals surface area contributed by atoms with Crippen LogP contribution in [-0.4, -0.2) is 31.6 Å². The molecule has 0 amide bonds. The molecule has 3 aromatic rings. The van der Waals surface area contributed by atoms with E-state index in [9.17, 15) is 9.90 Å². The van der Waals surface area contributed by atoms with Gasteiger partial charge in [0.05, 0.1) is 12.0 Å². The molecule has 3 heterocycles. The molecule has 0 saturated carbocycles. The summed E-state index contributed by atoms with van der Waals surface area (Å²) in [5.74, 6) is 1.16. The molecule has 7 heteroatoms. The SMILES string of the molecule is CCC1(CC)CC(=O)c2cc(-c3nc(-c4ccnc(O)c4)no3)ccc2O1. The maximum Gasteiger partial charge on any atom is 0.258 e. The molecule has 1 aliphatic heterocycles. The standard InChI is InChI=1S/C20H19N3O4/c1-3-20(4-2)11-15(24)14-9-13(5-6-16(14)26-20)19-22-18(23-27-19)12-7-8-21-17(25)10-12/h5-10H,3-4,11H2,1-2H3,(H,21,25). The van der Waals surface area contributed by atoms with E-state index in [1.165, 1.54) is 12.3 Å². The van der Waals surface area contributed by atoms with Gasteiger partial charge in [-0.3, -0.25) is 4.79 Å². The number of fused-ring (bicyclic) bond motifs is 1. The number of aromatic hydroxyl groups is 1. The van der Waals surface area contributed by atoms with E-state index in [1.54, 1.807) is 24.3 Å². The molecule has 0 bridgehead atoms. The molecule has 0 spiro atoms. The Morgan fingerprint density at radius 1 is 1.15 bits per heavy atom. The van der Waals surface area contributed by atoms with E-state index in [-0.39, 0.29) is 11.7 Å². The van der Waals surface area contributed by atoms with Gasteiger partial charge in [0.25, 0.3) is 5.89 Å². The lowest BCUT2D eigenvalue weighted by Crippen LogP contribution is -2.40. The second-order valence-electron chi connectivity index (χ2n) is 6.63. The molecule has 2 aromatic heterocycles. The van der Waals surface area contributed by atoms with Crippen LogP contribution >= 0.6 is 0 Å². The number of hydrogen-bond donors (Lipinski definition) is 1. The number of rotatable bonds is 4. The summed E-state index contributed by atoms with van der Waals surface area (Å²) >= 11 is 0. The van der Waals surface area contributed by atoms with Crippen LogP contribution in [0.2, 0.25) is 0 Å². The molecule has 0 saturated heterocycles. The van der Waals surface area contributed by atoms with E-state index >= 15 is 0 Å². The Balaban J connectivity index is 1.68. The van der Waals surface area contributed by atoms with Crippen LogP contribution in [0.3, 0.4) is 0 Å². The number of benzene rings is 1. The van der Waals surface area contributed by atoms with E-state index in [2.05, 4.69) is 15.1 Å². The van der Waals surface area contributed by atoms with E-state index in [4.69, 9.17) is 9.26 Å². The highest BCUT2D eigenvalue weighted by atomic mass is 16.5. The first-order valence-corrected chi connectivity index (χ1v) is 8.89. The summed E-state index contributed by atoms with van der Waals surface area (Å²) in [4.78, 5) is 20.8. The lowest BCUT2D eigenvalue weighted by molar-refractivity contribution is 0.0350. The first-order chi connectivity index (χ1) is 13.0. The number of carbonyl (C=O) groups excluding carboxylic acids is 1. The zero-order chi connectivity index (χ0) is 19.0. The van der Waals surface area contributed by atoms with Gasteiger partial charge in [0.15, 0.2) is 5.78 Å². The van der Waals surface area contributed by atoms with Crippen LogP contribution in [0.4, 0.5) is 0 Å². The summed E-state index contributed by atoms with van der Waals surface area (Å²) < 4.78 is 11.5. The molecular weight excluding hydrogens is 346 g/mol. The molecule has 0 atom stereocenters. The smallest absolute Gasteiger partial charge is 0.258 e. The fourth-order valence-corrected chi connectivity index (χ4v) is 3.29. The minimum absolute atomic E-state index is 0.0561. The highest BCUT2D eigenvalue weighted by Crippen LogP contribution is 2.39. The molecule has 0 unspecified atom stereocenters. The third-order valence-corrected chi connectivity index (χ3v) is 5.05. The Kier molecular flexibility index (Phi) is 4.14. The average Bonchev–Trinajstić information content (AvgIpc) is 3.18. The predicted molar refractivity (Wildman–Crippen MR) is 97.5 cm³/mol. The summed E-state index contributed by atoms with van der Waals surface area (Å²) in [6.45, 7) is 4.07. The first-order valence-electron chi connectivity index (χ1n) is 8.89. The number of ketones is 1. The largest absolute Gasteiger partial charge is 0.493 e. The van der Waals surface area contributed by atoms with Crippen molar-refractivity contribution < 1.29 is 19.2 Å². The maximum atomic E-state index is 12.7. The number of aromatic nitrogens is 3. The zero-order valence-electron chi connectivity index (χ0n) is 15.1. The number of carbonyl (C=O) groups is 1. The Labute approximate surface area is 156 Å². The van der Waals surface area contributed by atoms with Crippen LogP contribution in [0.5, 0.6) is 11.6 Å². The lowest BCUT2D eigenvalue weighted by atomic mass is 9.85. The van der Waals surface area contributed by atoms with Gasteiger partial charge in [-0.1, -0.05) is 19.0 Å². The fraction of sp³-hybridized carbons (Fsp3) is 0.300. The topological polar surface area (TPSA) is 98.3 Å². The Hall–Kier alpha value is -3.22. The van der Waals surface area contributed by atoms with Crippen LogP contribution in [0, 0.1) is 0 Å². The van der Waals surface area contributed by atoms with Crippen molar-refractivity contribution in [3.8, 4) is 34.5 Å². The van der Waals surface area contributed by atoms with Crippen molar-refractivity contribution in [2.75, 3.05) is 0 Å². The molecule has 1 aliphatic rings. The second kappa shape index (κ2) is 6.50. The quantitative estimate of drug-likeness (QED) is 0.745. The summed E-state index contributed by atoms with van der Waals surface area (Å²) in [6, 6.07) is 8.44. The van der Waals surface area contributed by atoms with Crippen LogP contribution in [-0.2, 0) is 0 Å².